The zero-order chi connectivity index (χ0) is 13.0. The molecule has 6 heteroatoms. The summed E-state index contributed by atoms with van der Waals surface area (Å²) in [6, 6.07) is 0. The average molecular weight is 291 g/mol. The summed E-state index contributed by atoms with van der Waals surface area (Å²) in [6.45, 7) is 10.9. The Labute approximate surface area is 108 Å². The van der Waals surface area contributed by atoms with Crippen molar-refractivity contribution in [2.75, 3.05) is 13.2 Å². The van der Waals surface area contributed by atoms with Gasteiger partial charge in [0.15, 0.2) is 0 Å². The summed E-state index contributed by atoms with van der Waals surface area (Å²) in [5.41, 5.74) is -0.0527. The number of ether oxygens (including phenoxy) is 1. The summed E-state index contributed by atoms with van der Waals surface area (Å²) in [4.78, 5) is 0. The Morgan fingerprint density at radius 3 is 1.94 bits per heavy atom. The monoisotopic (exact) mass is 290 g/mol. The van der Waals surface area contributed by atoms with Crippen LogP contribution in [0.1, 0.15) is 41.0 Å². The molecule has 98 valence electrons. The van der Waals surface area contributed by atoms with Gasteiger partial charge in [-0.1, -0.05) is 20.8 Å². The van der Waals surface area contributed by atoms with Crippen molar-refractivity contribution in [1.29, 1.82) is 0 Å². The maximum Gasteiger partial charge on any atom is 0.380 e. The summed E-state index contributed by atoms with van der Waals surface area (Å²) >= 11 is 10.5. The first kappa shape index (κ1) is 16.7. The molecule has 0 N–H and O–H groups in total. The van der Waals surface area contributed by atoms with E-state index in [-0.39, 0.29) is 17.6 Å². The lowest BCUT2D eigenvalue weighted by molar-refractivity contribution is -0.0519. The molecule has 0 atom stereocenters. The molecule has 0 heterocycles. The molecule has 0 aliphatic heterocycles. The van der Waals surface area contributed by atoms with Gasteiger partial charge < -0.3 is 9.26 Å². The summed E-state index contributed by atoms with van der Waals surface area (Å²) in [7, 11) is 0. The van der Waals surface area contributed by atoms with Crippen LogP contribution in [0.15, 0.2) is 0 Å². The molecular formula is C10H21Cl2O3P. The van der Waals surface area contributed by atoms with Crippen LogP contribution >= 0.6 is 28.6 Å². The fourth-order valence-corrected chi connectivity index (χ4v) is 2.49. The number of hydrogen-bond acceptors (Lipinski definition) is 3. The Bertz CT molecular complexity index is 255. The SMILES string of the molecule is CC(C)(C)CC(C)(C)OCCOP(=O)(Cl)Cl. The lowest BCUT2D eigenvalue weighted by atomic mass is 9.84. The Morgan fingerprint density at radius 1 is 1.06 bits per heavy atom. The Kier molecular flexibility index (Phi) is 6.34. The fourth-order valence-electron chi connectivity index (χ4n) is 1.79. The van der Waals surface area contributed by atoms with Crippen LogP contribution in [0.3, 0.4) is 0 Å². The second kappa shape index (κ2) is 6.06. The lowest BCUT2D eigenvalue weighted by Crippen LogP contribution is -2.31. The molecule has 0 aliphatic rings. The second-order valence-corrected chi connectivity index (χ2v) is 9.87. The molecule has 0 saturated carbocycles. The van der Waals surface area contributed by atoms with Gasteiger partial charge in [0.05, 0.1) is 18.8 Å². The van der Waals surface area contributed by atoms with Crippen LogP contribution in [0.4, 0.5) is 0 Å². The van der Waals surface area contributed by atoms with Crippen molar-refractivity contribution in [2.45, 2.75) is 46.6 Å². The zero-order valence-corrected chi connectivity index (χ0v) is 13.0. The number of hydrogen-bond donors (Lipinski definition) is 0. The molecule has 0 unspecified atom stereocenters. The molecule has 0 radical (unpaired) electrons. The lowest BCUT2D eigenvalue weighted by Gasteiger charge is -2.32. The molecule has 0 spiro atoms. The zero-order valence-electron chi connectivity index (χ0n) is 10.5. The van der Waals surface area contributed by atoms with Crippen molar-refractivity contribution >= 4 is 28.6 Å². The third-order valence-corrected chi connectivity index (χ3v) is 2.84. The Balaban J connectivity index is 3.88. The molecule has 0 aliphatic carbocycles. The summed E-state index contributed by atoms with van der Waals surface area (Å²) in [5.74, 6) is 0. The molecule has 0 aromatic carbocycles. The molecule has 0 rings (SSSR count). The largest absolute Gasteiger partial charge is 0.380 e. The predicted octanol–water partition coefficient (Wildman–Crippen LogP) is 4.82. The van der Waals surface area contributed by atoms with Crippen LogP contribution in [0, 0.1) is 5.41 Å². The second-order valence-electron chi connectivity index (χ2n) is 5.59. The minimum absolute atomic E-state index is 0.137. The molecule has 0 amide bonds. The van der Waals surface area contributed by atoms with Crippen LogP contribution in [0.25, 0.3) is 0 Å². The van der Waals surface area contributed by atoms with Crippen LogP contribution in [0.2, 0.25) is 0 Å². The highest BCUT2D eigenvalue weighted by Crippen LogP contribution is 2.57. The van der Waals surface area contributed by atoms with Gasteiger partial charge in [0.1, 0.15) is 0 Å². The third kappa shape index (κ3) is 11.2. The van der Waals surface area contributed by atoms with E-state index in [0.29, 0.717) is 6.61 Å². The van der Waals surface area contributed by atoms with Gasteiger partial charge in [-0.05, 0) is 48.2 Å². The molecule has 0 aromatic heterocycles. The molecule has 0 aromatic rings. The molecule has 0 bridgehead atoms. The normalized spacial score (nSPS) is 14.2. The Morgan fingerprint density at radius 2 is 1.56 bits per heavy atom. The minimum atomic E-state index is -3.42. The van der Waals surface area contributed by atoms with E-state index in [1.807, 2.05) is 13.8 Å². The van der Waals surface area contributed by atoms with E-state index in [9.17, 15) is 4.57 Å². The van der Waals surface area contributed by atoms with E-state index in [2.05, 4.69) is 20.8 Å². The Hall–Kier alpha value is 0.730. The molecule has 16 heavy (non-hydrogen) atoms. The third-order valence-electron chi connectivity index (χ3n) is 1.77. The van der Waals surface area contributed by atoms with Gasteiger partial charge in [0.25, 0.3) is 0 Å². The maximum absolute atomic E-state index is 10.8. The number of rotatable bonds is 6. The van der Waals surface area contributed by atoms with E-state index in [1.54, 1.807) is 0 Å². The maximum atomic E-state index is 10.8. The van der Waals surface area contributed by atoms with Crippen LogP contribution in [-0.2, 0) is 13.8 Å². The first-order valence-electron chi connectivity index (χ1n) is 5.19. The highest BCUT2D eigenvalue weighted by atomic mass is 35.9. The minimum Gasteiger partial charge on any atom is -0.373 e. The first-order valence-corrected chi connectivity index (χ1v) is 8.63. The van der Waals surface area contributed by atoms with Gasteiger partial charge in [-0.2, -0.15) is 0 Å². The van der Waals surface area contributed by atoms with Gasteiger partial charge in [-0.25, -0.2) is 0 Å². The van der Waals surface area contributed by atoms with E-state index in [4.69, 9.17) is 31.7 Å². The molecule has 0 fully saturated rings. The standard InChI is InChI=1S/C10H21Cl2O3P/c1-9(2,3)8-10(4,5)14-6-7-15-16(11,12)13/h6-8H2,1-5H3. The summed E-state index contributed by atoms with van der Waals surface area (Å²) in [6.07, 6.45) is -2.51. The van der Waals surface area contributed by atoms with Gasteiger partial charge in [0, 0.05) is 0 Å². The van der Waals surface area contributed by atoms with Gasteiger partial charge in [-0.3, -0.25) is 4.57 Å². The molecule has 0 saturated heterocycles. The van der Waals surface area contributed by atoms with Crippen molar-refractivity contribution in [3.63, 3.8) is 0 Å². The van der Waals surface area contributed by atoms with E-state index >= 15 is 0 Å². The van der Waals surface area contributed by atoms with E-state index < -0.39 is 6.07 Å². The van der Waals surface area contributed by atoms with E-state index in [0.717, 1.165) is 6.42 Å². The van der Waals surface area contributed by atoms with Crippen molar-refractivity contribution < 1.29 is 13.8 Å². The van der Waals surface area contributed by atoms with Crippen LogP contribution in [0.5, 0.6) is 0 Å². The summed E-state index contributed by atoms with van der Waals surface area (Å²) < 4.78 is 21.2. The highest BCUT2D eigenvalue weighted by Gasteiger charge is 2.26. The fraction of sp³-hybridized carbons (Fsp3) is 1.00. The topological polar surface area (TPSA) is 35.5 Å². The van der Waals surface area contributed by atoms with Crippen molar-refractivity contribution in [2.24, 2.45) is 5.41 Å². The predicted molar refractivity (Wildman–Crippen MR) is 69.4 cm³/mol. The first-order chi connectivity index (χ1) is 6.91. The van der Waals surface area contributed by atoms with Crippen molar-refractivity contribution in [3.8, 4) is 0 Å². The quantitative estimate of drug-likeness (QED) is 0.520. The van der Waals surface area contributed by atoms with Gasteiger partial charge in [-0.15, -0.1) is 0 Å². The highest BCUT2D eigenvalue weighted by molar-refractivity contribution is 8.05. The smallest absolute Gasteiger partial charge is 0.373 e. The number of halogens is 2. The molecular weight excluding hydrogens is 270 g/mol. The van der Waals surface area contributed by atoms with Crippen LogP contribution in [-0.4, -0.2) is 18.8 Å². The van der Waals surface area contributed by atoms with E-state index in [1.165, 1.54) is 0 Å². The van der Waals surface area contributed by atoms with Crippen molar-refractivity contribution in [1.82, 2.24) is 0 Å². The molecule has 3 nitrogen and oxygen atoms in total. The van der Waals surface area contributed by atoms with Crippen LogP contribution < -0.4 is 0 Å². The van der Waals surface area contributed by atoms with Crippen molar-refractivity contribution in [3.05, 3.63) is 0 Å². The van der Waals surface area contributed by atoms with Gasteiger partial charge >= 0.3 is 6.07 Å². The van der Waals surface area contributed by atoms with Gasteiger partial charge in [0.2, 0.25) is 0 Å². The summed E-state index contributed by atoms with van der Waals surface area (Å²) in [5, 5.41) is 0. The average Bonchev–Trinajstić information content (AvgIpc) is 1.91.